The van der Waals surface area contributed by atoms with Crippen LogP contribution in [-0.4, -0.2) is 30.5 Å². The number of amides is 2. The van der Waals surface area contributed by atoms with Crippen molar-refractivity contribution in [2.24, 2.45) is 0 Å². The van der Waals surface area contributed by atoms with Gasteiger partial charge in [0.1, 0.15) is 0 Å². The molecule has 2 aromatic carbocycles. The van der Waals surface area contributed by atoms with E-state index >= 15 is 0 Å². The van der Waals surface area contributed by atoms with Crippen LogP contribution in [0.3, 0.4) is 0 Å². The van der Waals surface area contributed by atoms with Crippen molar-refractivity contribution in [3.05, 3.63) is 58.4 Å². The summed E-state index contributed by atoms with van der Waals surface area (Å²) in [7, 11) is 1.68. The van der Waals surface area contributed by atoms with Crippen LogP contribution in [0, 0.1) is 0 Å². The topological polar surface area (TPSA) is 71.5 Å². The SMILES string of the molecule is CN1C(=O)COc2c(-c3csc(NC(=O)c4ccccc4)n3)cc(Cl)cc21. The quantitative estimate of drug-likeness (QED) is 0.720. The molecule has 2 amide bonds. The van der Waals surface area contributed by atoms with Crippen LogP contribution in [0.25, 0.3) is 11.3 Å². The van der Waals surface area contributed by atoms with Crippen LogP contribution in [0.15, 0.2) is 47.8 Å². The maximum Gasteiger partial charge on any atom is 0.264 e. The molecule has 0 fully saturated rings. The van der Waals surface area contributed by atoms with Gasteiger partial charge in [-0.1, -0.05) is 29.8 Å². The third-order valence-corrected chi connectivity index (χ3v) is 5.12. The van der Waals surface area contributed by atoms with Gasteiger partial charge in [-0.05, 0) is 24.3 Å². The van der Waals surface area contributed by atoms with E-state index < -0.39 is 0 Å². The Hall–Kier alpha value is -2.90. The van der Waals surface area contributed by atoms with Gasteiger partial charge in [0.25, 0.3) is 11.8 Å². The molecular formula is C19H14ClN3O3S. The molecule has 6 nitrogen and oxygen atoms in total. The van der Waals surface area contributed by atoms with E-state index in [2.05, 4.69) is 10.3 Å². The summed E-state index contributed by atoms with van der Waals surface area (Å²) < 4.78 is 5.63. The molecule has 0 unspecified atom stereocenters. The first-order chi connectivity index (χ1) is 13.0. The number of nitrogens with one attached hydrogen (secondary N) is 1. The average Bonchev–Trinajstić information content (AvgIpc) is 3.13. The summed E-state index contributed by atoms with van der Waals surface area (Å²) in [5.41, 5.74) is 2.44. The summed E-state index contributed by atoms with van der Waals surface area (Å²) in [6, 6.07) is 12.3. The Balaban J connectivity index is 1.65. The first-order valence-electron chi connectivity index (χ1n) is 8.08. The molecule has 0 saturated carbocycles. The predicted octanol–water partition coefficient (Wildman–Crippen LogP) is 4.07. The van der Waals surface area contributed by atoms with Gasteiger partial charge in [-0.25, -0.2) is 4.98 Å². The molecule has 1 N–H and O–H groups in total. The summed E-state index contributed by atoms with van der Waals surface area (Å²) in [5, 5.41) is 5.54. The van der Waals surface area contributed by atoms with Crippen molar-refractivity contribution in [2.75, 3.05) is 23.9 Å². The second-order valence-corrected chi connectivity index (χ2v) is 7.20. The Morgan fingerprint density at radius 3 is 2.85 bits per heavy atom. The van der Waals surface area contributed by atoms with Gasteiger partial charge in [0, 0.05) is 28.6 Å². The van der Waals surface area contributed by atoms with Gasteiger partial charge in [0.05, 0.1) is 11.4 Å². The number of aromatic nitrogens is 1. The van der Waals surface area contributed by atoms with Gasteiger partial charge in [-0.15, -0.1) is 11.3 Å². The minimum absolute atomic E-state index is 0.0418. The molecule has 0 atom stereocenters. The zero-order chi connectivity index (χ0) is 19.0. The number of fused-ring (bicyclic) bond motifs is 1. The van der Waals surface area contributed by atoms with Crippen LogP contribution < -0.4 is 15.0 Å². The normalized spacial score (nSPS) is 13.1. The van der Waals surface area contributed by atoms with Crippen molar-refractivity contribution in [1.82, 2.24) is 4.98 Å². The monoisotopic (exact) mass is 399 g/mol. The highest BCUT2D eigenvalue weighted by molar-refractivity contribution is 7.14. The van der Waals surface area contributed by atoms with Gasteiger partial charge in [0.2, 0.25) is 0 Å². The number of halogens is 1. The largest absolute Gasteiger partial charge is 0.481 e. The molecule has 0 spiro atoms. The molecule has 0 bridgehead atoms. The summed E-state index contributed by atoms with van der Waals surface area (Å²) in [6.45, 7) is -0.0418. The van der Waals surface area contributed by atoms with Crippen molar-refractivity contribution < 1.29 is 14.3 Å². The molecule has 4 rings (SSSR count). The van der Waals surface area contributed by atoms with Crippen molar-refractivity contribution in [3.8, 4) is 17.0 Å². The van der Waals surface area contributed by atoms with E-state index in [0.717, 1.165) is 0 Å². The highest BCUT2D eigenvalue weighted by Gasteiger charge is 2.26. The fourth-order valence-corrected chi connectivity index (χ4v) is 3.67. The Kier molecular flexibility index (Phi) is 4.55. The Morgan fingerprint density at radius 1 is 1.30 bits per heavy atom. The molecule has 27 heavy (non-hydrogen) atoms. The third kappa shape index (κ3) is 3.39. The van der Waals surface area contributed by atoms with Crippen molar-refractivity contribution in [3.63, 3.8) is 0 Å². The molecule has 1 aromatic heterocycles. The summed E-state index contributed by atoms with van der Waals surface area (Å²) in [4.78, 5) is 30.2. The molecule has 2 heterocycles. The number of thiazole rings is 1. The summed E-state index contributed by atoms with van der Waals surface area (Å²) >= 11 is 7.53. The summed E-state index contributed by atoms with van der Waals surface area (Å²) in [6.07, 6.45) is 0. The lowest BCUT2D eigenvalue weighted by molar-refractivity contribution is -0.120. The van der Waals surface area contributed by atoms with E-state index in [4.69, 9.17) is 16.3 Å². The second kappa shape index (κ2) is 7.02. The van der Waals surface area contributed by atoms with Crippen LogP contribution in [-0.2, 0) is 4.79 Å². The van der Waals surface area contributed by atoms with Gasteiger partial charge in [0.15, 0.2) is 17.5 Å². The number of benzene rings is 2. The van der Waals surface area contributed by atoms with Crippen LogP contribution in [0.4, 0.5) is 10.8 Å². The molecule has 0 aliphatic carbocycles. The standard InChI is InChI=1S/C19H14ClN3O3S/c1-23-15-8-12(20)7-13(17(15)26-9-16(23)24)14-10-27-19(21-14)22-18(25)11-5-3-2-4-6-11/h2-8,10H,9H2,1H3,(H,21,22,25). The Bertz CT molecular complexity index is 1040. The van der Waals surface area contributed by atoms with Gasteiger partial charge >= 0.3 is 0 Å². The van der Waals surface area contributed by atoms with Gasteiger partial charge in [-0.2, -0.15) is 0 Å². The molecule has 0 saturated heterocycles. The number of ether oxygens (including phenoxy) is 1. The maximum atomic E-state index is 12.3. The van der Waals surface area contributed by atoms with Crippen molar-refractivity contribution in [1.29, 1.82) is 0 Å². The number of hydrogen-bond acceptors (Lipinski definition) is 5. The minimum atomic E-state index is -0.230. The second-order valence-electron chi connectivity index (χ2n) is 5.90. The maximum absolute atomic E-state index is 12.3. The highest BCUT2D eigenvalue weighted by atomic mass is 35.5. The van der Waals surface area contributed by atoms with Crippen LogP contribution in [0.1, 0.15) is 10.4 Å². The molecular weight excluding hydrogens is 386 g/mol. The van der Waals surface area contributed by atoms with E-state index in [1.807, 2.05) is 11.4 Å². The average molecular weight is 400 g/mol. The van der Waals surface area contributed by atoms with Crippen LogP contribution in [0.5, 0.6) is 5.75 Å². The molecule has 8 heteroatoms. The van der Waals surface area contributed by atoms with Crippen LogP contribution in [0.2, 0.25) is 5.02 Å². The molecule has 0 radical (unpaired) electrons. The van der Waals surface area contributed by atoms with E-state index in [9.17, 15) is 9.59 Å². The molecule has 1 aliphatic heterocycles. The fourth-order valence-electron chi connectivity index (χ4n) is 2.75. The lowest BCUT2D eigenvalue weighted by Gasteiger charge is -2.27. The van der Waals surface area contributed by atoms with E-state index in [1.54, 1.807) is 43.4 Å². The first kappa shape index (κ1) is 17.5. The van der Waals surface area contributed by atoms with E-state index in [0.29, 0.717) is 38.4 Å². The zero-order valence-corrected chi connectivity index (χ0v) is 15.8. The van der Waals surface area contributed by atoms with E-state index in [1.165, 1.54) is 16.2 Å². The highest BCUT2D eigenvalue weighted by Crippen LogP contribution is 2.43. The molecule has 136 valence electrons. The minimum Gasteiger partial charge on any atom is -0.481 e. The number of nitrogens with zero attached hydrogens (tertiary/aromatic N) is 2. The molecule has 1 aliphatic rings. The smallest absolute Gasteiger partial charge is 0.264 e. The zero-order valence-electron chi connectivity index (χ0n) is 14.2. The van der Waals surface area contributed by atoms with Gasteiger partial charge < -0.3 is 9.64 Å². The fraction of sp³-hybridized carbons (Fsp3) is 0.105. The molecule has 3 aromatic rings. The number of likely N-dealkylation sites (N-methyl/N-ethyl adjacent to an activating group) is 1. The first-order valence-corrected chi connectivity index (χ1v) is 9.34. The Labute approximate surface area is 164 Å². The lowest BCUT2D eigenvalue weighted by atomic mass is 10.1. The number of anilines is 2. The van der Waals surface area contributed by atoms with Gasteiger partial charge in [-0.3, -0.25) is 14.9 Å². The lowest BCUT2D eigenvalue weighted by Crippen LogP contribution is -2.35. The van der Waals surface area contributed by atoms with Crippen molar-refractivity contribution in [2.45, 2.75) is 0 Å². The number of hydrogen-bond donors (Lipinski definition) is 1. The third-order valence-electron chi connectivity index (χ3n) is 4.15. The number of carbonyl (C=O) groups excluding carboxylic acids is 2. The predicted molar refractivity (Wildman–Crippen MR) is 106 cm³/mol. The summed E-state index contributed by atoms with van der Waals surface area (Å²) in [5.74, 6) is 0.170. The number of carbonyl (C=O) groups is 2. The number of rotatable bonds is 3. The van der Waals surface area contributed by atoms with E-state index in [-0.39, 0.29) is 18.4 Å². The van der Waals surface area contributed by atoms with Crippen molar-refractivity contribution >= 4 is 45.6 Å². The Morgan fingerprint density at radius 2 is 2.07 bits per heavy atom. The van der Waals surface area contributed by atoms with Crippen LogP contribution >= 0.6 is 22.9 Å².